The van der Waals surface area contributed by atoms with Gasteiger partial charge in [0.25, 0.3) is 0 Å². The molecule has 0 bridgehead atoms. The number of aromatic nitrogens is 3. The van der Waals surface area contributed by atoms with Gasteiger partial charge in [0.1, 0.15) is 17.7 Å². The van der Waals surface area contributed by atoms with Gasteiger partial charge in [0.15, 0.2) is 5.82 Å². The molecule has 0 radical (unpaired) electrons. The van der Waals surface area contributed by atoms with Crippen molar-refractivity contribution < 1.29 is 9.15 Å². The minimum absolute atomic E-state index is 0.142. The highest BCUT2D eigenvalue weighted by Gasteiger charge is 2.27. The molecule has 2 aromatic heterocycles. The second-order valence-corrected chi connectivity index (χ2v) is 5.73. The fraction of sp³-hybridized carbons (Fsp3) is 0.600. The van der Waals surface area contributed by atoms with Crippen molar-refractivity contribution in [2.24, 2.45) is 0 Å². The van der Waals surface area contributed by atoms with E-state index in [0.29, 0.717) is 0 Å². The number of hydrogen-bond acceptors (Lipinski definition) is 5. The van der Waals surface area contributed by atoms with Crippen molar-refractivity contribution >= 4 is 0 Å². The normalized spacial score (nSPS) is 23.1. The first-order chi connectivity index (χ1) is 10.4. The Kier molecular flexibility index (Phi) is 3.48. The van der Waals surface area contributed by atoms with Gasteiger partial charge in [-0.2, -0.15) is 0 Å². The van der Waals surface area contributed by atoms with E-state index in [4.69, 9.17) is 9.15 Å². The van der Waals surface area contributed by atoms with Gasteiger partial charge >= 0.3 is 0 Å². The molecule has 0 aromatic carbocycles. The van der Waals surface area contributed by atoms with E-state index < -0.39 is 0 Å². The maximum Gasteiger partial charge on any atom is 0.162 e. The molecule has 2 aliphatic rings. The Morgan fingerprint density at radius 3 is 3.05 bits per heavy atom. The highest BCUT2D eigenvalue weighted by atomic mass is 16.5. The fourth-order valence-electron chi connectivity index (χ4n) is 3.19. The molecular weight excluding hydrogens is 268 g/mol. The molecule has 6 nitrogen and oxygen atoms in total. The molecule has 0 amide bonds. The van der Waals surface area contributed by atoms with Crippen LogP contribution < -0.4 is 0 Å². The van der Waals surface area contributed by atoms with Crippen LogP contribution in [0.25, 0.3) is 0 Å². The maximum absolute atomic E-state index is 5.76. The molecule has 2 aliphatic heterocycles. The van der Waals surface area contributed by atoms with Crippen LogP contribution in [0.5, 0.6) is 0 Å². The summed E-state index contributed by atoms with van der Waals surface area (Å²) in [5, 5.41) is 8.75. The van der Waals surface area contributed by atoms with Crippen molar-refractivity contribution in [3.8, 4) is 0 Å². The minimum Gasteiger partial charge on any atom is -0.468 e. The van der Waals surface area contributed by atoms with Crippen LogP contribution in [0, 0.1) is 0 Å². The molecule has 112 valence electrons. The van der Waals surface area contributed by atoms with Gasteiger partial charge in [-0.05, 0) is 25.0 Å². The van der Waals surface area contributed by atoms with Gasteiger partial charge in [0.05, 0.1) is 12.8 Å². The van der Waals surface area contributed by atoms with E-state index in [1.807, 2.05) is 12.1 Å². The van der Waals surface area contributed by atoms with Crippen LogP contribution in [0.3, 0.4) is 0 Å². The molecule has 0 N–H and O–H groups in total. The number of rotatable bonds is 3. The van der Waals surface area contributed by atoms with Crippen LogP contribution in [0.4, 0.5) is 0 Å². The van der Waals surface area contributed by atoms with Gasteiger partial charge < -0.3 is 13.7 Å². The van der Waals surface area contributed by atoms with Gasteiger partial charge in [0, 0.05) is 32.7 Å². The molecule has 1 unspecified atom stereocenters. The standard InChI is InChI=1S/C15H20N4O2/c1-3-12(20-9-1)11-18-6-5-14-16-17-15(19(14)8-7-18)13-4-2-10-21-13/h1,3,9,13H,2,4-8,10-11H2. The lowest BCUT2D eigenvalue weighted by Gasteiger charge is -2.18. The van der Waals surface area contributed by atoms with Crippen molar-refractivity contribution in [3.63, 3.8) is 0 Å². The minimum atomic E-state index is 0.142. The van der Waals surface area contributed by atoms with E-state index in [1.165, 1.54) is 0 Å². The highest BCUT2D eigenvalue weighted by Crippen LogP contribution is 2.28. The Labute approximate surface area is 123 Å². The number of furan rings is 1. The zero-order valence-electron chi connectivity index (χ0n) is 12.1. The first-order valence-electron chi connectivity index (χ1n) is 7.68. The monoisotopic (exact) mass is 288 g/mol. The molecule has 0 spiro atoms. The molecule has 4 heterocycles. The van der Waals surface area contributed by atoms with E-state index in [-0.39, 0.29) is 6.10 Å². The van der Waals surface area contributed by atoms with Crippen LogP contribution in [-0.2, 0) is 24.2 Å². The summed E-state index contributed by atoms with van der Waals surface area (Å²) in [6, 6.07) is 3.97. The third-order valence-corrected chi connectivity index (χ3v) is 4.32. The molecule has 4 rings (SSSR count). The summed E-state index contributed by atoms with van der Waals surface area (Å²) in [5.74, 6) is 3.12. The van der Waals surface area contributed by atoms with Crippen LogP contribution in [0.15, 0.2) is 22.8 Å². The smallest absolute Gasteiger partial charge is 0.162 e. The number of ether oxygens (including phenoxy) is 1. The molecule has 1 saturated heterocycles. The fourth-order valence-corrected chi connectivity index (χ4v) is 3.19. The molecule has 21 heavy (non-hydrogen) atoms. The zero-order chi connectivity index (χ0) is 14.1. The maximum atomic E-state index is 5.76. The van der Waals surface area contributed by atoms with E-state index >= 15 is 0 Å². The second-order valence-electron chi connectivity index (χ2n) is 5.73. The van der Waals surface area contributed by atoms with Gasteiger partial charge in [-0.25, -0.2) is 0 Å². The topological polar surface area (TPSA) is 56.3 Å². The van der Waals surface area contributed by atoms with Gasteiger partial charge in [0.2, 0.25) is 0 Å². The average Bonchev–Trinajstić information content (AvgIpc) is 3.21. The Morgan fingerprint density at radius 2 is 2.24 bits per heavy atom. The predicted molar refractivity (Wildman–Crippen MR) is 75.6 cm³/mol. The molecule has 1 atom stereocenters. The van der Waals surface area contributed by atoms with Gasteiger partial charge in [-0.15, -0.1) is 10.2 Å². The molecule has 6 heteroatoms. The Balaban J connectivity index is 1.47. The molecule has 1 fully saturated rings. The summed E-state index contributed by atoms with van der Waals surface area (Å²) < 4.78 is 13.5. The SMILES string of the molecule is c1coc(CN2CCc3nnc(C4CCCO4)n3CC2)c1. The summed E-state index contributed by atoms with van der Waals surface area (Å²) in [6.07, 6.45) is 4.99. The molecule has 2 aromatic rings. The van der Waals surface area contributed by atoms with Crippen LogP contribution in [0.2, 0.25) is 0 Å². The molecular formula is C15H20N4O2. The summed E-state index contributed by atoms with van der Waals surface area (Å²) >= 11 is 0. The van der Waals surface area contributed by atoms with E-state index in [9.17, 15) is 0 Å². The van der Waals surface area contributed by atoms with E-state index in [1.54, 1.807) is 6.26 Å². The van der Waals surface area contributed by atoms with E-state index in [2.05, 4.69) is 19.7 Å². The third kappa shape index (κ3) is 2.61. The summed E-state index contributed by atoms with van der Waals surface area (Å²) in [4.78, 5) is 2.41. The first kappa shape index (κ1) is 13.0. The first-order valence-corrected chi connectivity index (χ1v) is 7.68. The number of nitrogens with zero attached hydrogens (tertiary/aromatic N) is 4. The van der Waals surface area contributed by atoms with Crippen molar-refractivity contribution in [2.75, 3.05) is 19.7 Å². The van der Waals surface area contributed by atoms with Gasteiger partial charge in [-0.1, -0.05) is 0 Å². The second kappa shape index (κ2) is 5.61. The largest absolute Gasteiger partial charge is 0.468 e. The third-order valence-electron chi connectivity index (χ3n) is 4.32. The number of fused-ring (bicyclic) bond motifs is 1. The lowest BCUT2D eigenvalue weighted by atomic mass is 10.2. The van der Waals surface area contributed by atoms with Crippen LogP contribution in [0.1, 0.15) is 36.4 Å². The number of hydrogen-bond donors (Lipinski definition) is 0. The van der Waals surface area contributed by atoms with Crippen molar-refractivity contribution in [2.45, 2.75) is 38.5 Å². The van der Waals surface area contributed by atoms with Gasteiger partial charge in [-0.3, -0.25) is 4.90 Å². The summed E-state index contributed by atoms with van der Waals surface area (Å²) in [7, 11) is 0. The Hall–Kier alpha value is -1.66. The Bertz CT molecular complexity index is 587. The van der Waals surface area contributed by atoms with Crippen LogP contribution in [-0.4, -0.2) is 39.4 Å². The molecule has 0 saturated carbocycles. The summed E-state index contributed by atoms with van der Waals surface area (Å²) in [6.45, 7) is 4.62. The van der Waals surface area contributed by atoms with Crippen molar-refractivity contribution in [3.05, 3.63) is 35.8 Å². The predicted octanol–water partition coefficient (Wildman–Crippen LogP) is 1.78. The lowest BCUT2D eigenvalue weighted by molar-refractivity contribution is 0.101. The molecule has 0 aliphatic carbocycles. The summed E-state index contributed by atoms with van der Waals surface area (Å²) in [5.41, 5.74) is 0. The zero-order valence-corrected chi connectivity index (χ0v) is 12.1. The van der Waals surface area contributed by atoms with Crippen molar-refractivity contribution in [1.82, 2.24) is 19.7 Å². The highest BCUT2D eigenvalue weighted by molar-refractivity contribution is 5.04. The quantitative estimate of drug-likeness (QED) is 0.861. The van der Waals surface area contributed by atoms with Crippen molar-refractivity contribution in [1.29, 1.82) is 0 Å². The van der Waals surface area contributed by atoms with E-state index in [0.717, 1.165) is 69.5 Å². The Morgan fingerprint density at radius 1 is 1.24 bits per heavy atom. The van der Waals surface area contributed by atoms with Crippen LogP contribution >= 0.6 is 0 Å². The average molecular weight is 288 g/mol. The lowest BCUT2D eigenvalue weighted by Crippen LogP contribution is -2.26.